The zero-order chi connectivity index (χ0) is 14.7. The smallest absolute Gasteiger partial charge is 0.269 e. The highest BCUT2D eigenvalue weighted by Crippen LogP contribution is 2.20. The number of nitrogens with zero attached hydrogens (tertiary/aromatic N) is 3. The average Bonchev–Trinajstić information content (AvgIpc) is 2.46. The van der Waals surface area contributed by atoms with E-state index in [9.17, 15) is 14.9 Å². The highest BCUT2D eigenvalue weighted by Gasteiger charge is 2.24. The van der Waals surface area contributed by atoms with Crippen molar-refractivity contribution in [3.05, 3.63) is 34.4 Å². The second kappa shape index (κ2) is 6.09. The molecule has 1 atom stereocenters. The van der Waals surface area contributed by atoms with Gasteiger partial charge in [-0.2, -0.15) is 0 Å². The van der Waals surface area contributed by atoms with Gasteiger partial charge in [-0.25, -0.2) is 0 Å². The number of amides is 1. The van der Waals surface area contributed by atoms with E-state index in [1.807, 2.05) is 0 Å². The molecule has 1 aromatic carbocycles. The maximum Gasteiger partial charge on any atom is 0.269 e. The third kappa shape index (κ3) is 3.19. The highest BCUT2D eigenvalue weighted by molar-refractivity contribution is 6.30. The van der Waals surface area contributed by atoms with Crippen LogP contribution in [0, 0.1) is 10.1 Å². The van der Waals surface area contributed by atoms with E-state index in [1.54, 1.807) is 24.0 Å². The molecule has 1 saturated heterocycles. The SMILES string of the molecule is C[C@H](Cl)C(=O)N1CCN(c2ccc([N+](=O)[O-])cc2)CC1. The number of piperazine rings is 1. The number of nitro groups is 1. The summed E-state index contributed by atoms with van der Waals surface area (Å²) in [5, 5.41) is 10.1. The van der Waals surface area contributed by atoms with Crippen molar-refractivity contribution < 1.29 is 9.72 Å². The Morgan fingerprint density at radius 3 is 2.25 bits per heavy atom. The molecular formula is C13H16ClN3O3. The first kappa shape index (κ1) is 14.6. The minimum absolute atomic E-state index is 0.0463. The molecule has 0 unspecified atom stereocenters. The van der Waals surface area contributed by atoms with Crippen molar-refractivity contribution in [2.75, 3.05) is 31.1 Å². The number of hydrogen-bond donors (Lipinski definition) is 0. The van der Waals surface area contributed by atoms with E-state index in [0.717, 1.165) is 5.69 Å². The molecule has 1 heterocycles. The van der Waals surface area contributed by atoms with E-state index >= 15 is 0 Å². The van der Waals surface area contributed by atoms with Crippen molar-refractivity contribution >= 4 is 28.9 Å². The van der Waals surface area contributed by atoms with Crippen molar-refractivity contribution in [2.45, 2.75) is 12.3 Å². The molecule has 0 aliphatic carbocycles. The molecule has 108 valence electrons. The zero-order valence-corrected chi connectivity index (χ0v) is 11.9. The Balaban J connectivity index is 1.97. The predicted molar refractivity (Wildman–Crippen MR) is 77.2 cm³/mol. The van der Waals surface area contributed by atoms with Crippen molar-refractivity contribution in [1.82, 2.24) is 4.90 Å². The largest absolute Gasteiger partial charge is 0.368 e. The molecule has 0 aromatic heterocycles. The Morgan fingerprint density at radius 1 is 1.25 bits per heavy atom. The summed E-state index contributed by atoms with van der Waals surface area (Å²) >= 11 is 5.79. The molecule has 6 nitrogen and oxygen atoms in total. The van der Waals surface area contributed by atoms with Gasteiger partial charge in [-0.3, -0.25) is 14.9 Å². The van der Waals surface area contributed by atoms with Gasteiger partial charge in [0.2, 0.25) is 5.91 Å². The second-order valence-electron chi connectivity index (χ2n) is 4.70. The van der Waals surface area contributed by atoms with Crippen molar-refractivity contribution in [3.8, 4) is 0 Å². The molecule has 2 rings (SSSR count). The van der Waals surface area contributed by atoms with Crippen LogP contribution in [-0.4, -0.2) is 47.3 Å². The topological polar surface area (TPSA) is 66.7 Å². The fourth-order valence-corrected chi connectivity index (χ4v) is 2.36. The van der Waals surface area contributed by atoms with Crippen molar-refractivity contribution in [1.29, 1.82) is 0 Å². The molecule has 0 saturated carbocycles. The van der Waals surface area contributed by atoms with Crippen LogP contribution in [0.1, 0.15) is 6.92 Å². The van der Waals surface area contributed by atoms with Crippen LogP contribution in [0.2, 0.25) is 0 Å². The summed E-state index contributed by atoms with van der Waals surface area (Å²) in [6.45, 7) is 4.31. The molecule has 20 heavy (non-hydrogen) atoms. The van der Waals surface area contributed by atoms with Gasteiger partial charge in [-0.1, -0.05) is 0 Å². The van der Waals surface area contributed by atoms with E-state index in [2.05, 4.69) is 4.90 Å². The molecule has 1 aliphatic heterocycles. The number of anilines is 1. The minimum Gasteiger partial charge on any atom is -0.368 e. The summed E-state index contributed by atoms with van der Waals surface area (Å²) in [6.07, 6.45) is 0. The molecule has 0 bridgehead atoms. The van der Waals surface area contributed by atoms with Crippen LogP contribution in [0.5, 0.6) is 0 Å². The van der Waals surface area contributed by atoms with Crippen LogP contribution in [0.15, 0.2) is 24.3 Å². The van der Waals surface area contributed by atoms with Crippen LogP contribution in [-0.2, 0) is 4.79 Å². The third-order valence-corrected chi connectivity index (χ3v) is 3.54. The fourth-order valence-electron chi connectivity index (χ4n) is 2.22. The van der Waals surface area contributed by atoms with Crippen LogP contribution < -0.4 is 4.90 Å². The van der Waals surface area contributed by atoms with Crippen LogP contribution in [0.4, 0.5) is 11.4 Å². The Kier molecular flexibility index (Phi) is 4.44. The quantitative estimate of drug-likeness (QED) is 0.485. The maximum absolute atomic E-state index is 11.8. The maximum atomic E-state index is 11.8. The number of nitro benzene ring substituents is 1. The summed E-state index contributed by atoms with van der Waals surface area (Å²) in [4.78, 5) is 25.8. The Morgan fingerprint density at radius 2 is 1.80 bits per heavy atom. The van der Waals surface area contributed by atoms with Gasteiger partial charge in [0.05, 0.1) is 4.92 Å². The normalized spacial score (nSPS) is 16.9. The van der Waals surface area contributed by atoms with E-state index in [4.69, 9.17) is 11.6 Å². The lowest BCUT2D eigenvalue weighted by Crippen LogP contribution is -2.50. The summed E-state index contributed by atoms with van der Waals surface area (Å²) in [6, 6.07) is 6.46. The standard InChI is InChI=1S/C13H16ClN3O3/c1-10(14)13(18)16-8-6-15(7-9-16)11-2-4-12(5-3-11)17(19)20/h2-5,10H,6-9H2,1H3/t10-/m0/s1. The number of hydrogen-bond acceptors (Lipinski definition) is 4. The molecule has 0 radical (unpaired) electrons. The number of carbonyl (C=O) groups excluding carboxylic acids is 1. The van der Waals surface area contributed by atoms with E-state index in [-0.39, 0.29) is 11.6 Å². The third-order valence-electron chi connectivity index (χ3n) is 3.36. The molecule has 1 amide bonds. The van der Waals surface area contributed by atoms with Crippen LogP contribution >= 0.6 is 11.6 Å². The van der Waals surface area contributed by atoms with Crippen LogP contribution in [0.25, 0.3) is 0 Å². The van der Waals surface area contributed by atoms with Gasteiger partial charge in [0.1, 0.15) is 5.38 Å². The molecule has 0 spiro atoms. The zero-order valence-electron chi connectivity index (χ0n) is 11.2. The van der Waals surface area contributed by atoms with E-state index in [1.165, 1.54) is 12.1 Å². The minimum atomic E-state index is -0.499. The second-order valence-corrected chi connectivity index (χ2v) is 5.36. The first-order valence-corrected chi connectivity index (χ1v) is 6.85. The highest BCUT2D eigenvalue weighted by atomic mass is 35.5. The average molecular weight is 298 g/mol. The molecule has 1 aromatic rings. The Hall–Kier alpha value is -1.82. The summed E-state index contributed by atoms with van der Waals surface area (Å²) in [5.41, 5.74) is 1.01. The fraction of sp³-hybridized carbons (Fsp3) is 0.462. The molecule has 1 fully saturated rings. The lowest BCUT2D eigenvalue weighted by atomic mass is 10.2. The molecule has 0 N–H and O–H groups in total. The van der Waals surface area contributed by atoms with E-state index < -0.39 is 10.3 Å². The number of carbonyl (C=O) groups is 1. The van der Waals surface area contributed by atoms with Crippen LogP contribution in [0.3, 0.4) is 0 Å². The monoisotopic (exact) mass is 297 g/mol. The summed E-state index contributed by atoms with van der Waals surface area (Å²) in [5.74, 6) is -0.0463. The number of rotatable bonds is 3. The van der Waals surface area contributed by atoms with E-state index in [0.29, 0.717) is 26.2 Å². The van der Waals surface area contributed by atoms with Crippen molar-refractivity contribution in [2.24, 2.45) is 0 Å². The Labute approximate surface area is 122 Å². The van der Waals surface area contributed by atoms with Gasteiger partial charge in [0, 0.05) is 44.0 Å². The lowest BCUT2D eigenvalue weighted by molar-refractivity contribution is -0.384. The van der Waals surface area contributed by atoms with Gasteiger partial charge in [-0.05, 0) is 19.1 Å². The number of benzene rings is 1. The van der Waals surface area contributed by atoms with Gasteiger partial charge in [0.25, 0.3) is 5.69 Å². The van der Waals surface area contributed by atoms with Gasteiger partial charge in [-0.15, -0.1) is 11.6 Å². The van der Waals surface area contributed by atoms with Gasteiger partial charge < -0.3 is 9.80 Å². The summed E-state index contributed by atoms with van der Waals surface area (Å²) in [7, 11) is 0. The number of non-ortho nitro benzene ring substituents is 1. The number of alkyl halides is 1. The molecular weight excluding hydrogens is 282 g/mol. The summed E-state index contributed by atoms with van der Waals surface area (Å²) < 4.78 is 0. The first-order valence-electron chi connectivity index (χ1n) is 6.41. The Bertz CT molecular complexity index is 496. The van der Waals surface area contributed by atoms with Gasteiger partial charge >= 0.3 is 0 Å². The molecule has 1 aliphatic rings. The van der Waals surface area contributed by atoms with Crippen molar-refractivity contribution in [3.63, 3.8) is 0 Å². The van der Waals surface area contributed by atoms with Gasteiger partial charge in [0.15, 0.2) is 0 Å². The number of halogens is 1. The predicted octanol–water partition coefficient (Wildman–Crippen LogP) is 1.87. The first-order chi connectivity index (χ1) is 9.49. The lowest BCUT2D eigenvalue weighted by Gasteiger charge is -2.36. The molecule has 7 heteroatoms.